The molecule has 1 aromatic heterocycles. The zero-order valence-electron chi connectivity index (χ0n) is 8.60. The van der Waals surface area contributed by atoms with Crippen LogP contribution in [-0.4, -0.2) is 27.1 Å². The van der Waals surface area contributed by atoms with Gasteiger partial charge >= 0.3 is 5.69 Å². The summed E-state index contributed by atoms with van der Waals surface area (Å²) >= 11 is 5.58. The van der Waals surface area contributed by atoms with Crippen molar-refractivity contribution >= 4 is 11.6 Å². The van der Waals surface area contributed by atoms with E-state index in [0.29, 0.717) is 6.42 Å². The third-order valence-corrected chi connectivity index (χ3v) is 2.84. The molecule has 6 nitrogen and oxygen atoms in total. The molecule has 2 N–H and O–H groups in total. The fourth-order valence-corrected chi connectivity index (χ4v) is 1.88. The normalized spacial score (nSPS) is 26.1. The Hall–Kier alpha value is -1.18. The monoisotopic (exact) mass is 264 g/mol. The van der Waals surface area contributed by atoms with Gasteiger partial charge in [0.1, 0.15) is 17.4 Å². The third-order valence-electron chi connectivity index (χ3n) is 2.57. The Bertz CT molecular complexity index is 526. The summed E-state index contributed by atoms with van der Waals surface area (Å²) in [6.45, 7) is 0. The first-order valence-electron chi connectivity index (χ1n) is 4.97. The molecule has 94 valence electrons. The van der Waals surface area contributed by atoms with Crippen LogP contribution in [0.5, 0.6) is 0 Å². The molecule has 3 atom stereocenters. The Labute approximate surface area is 99.6 Å². The second-order valence-electron chi connectivity index (χ2n) is 3.72. The van der Waals surface area contributed by atoms with Crippen molar-refractivity contribution in [3.8, 4) is 0 Å². The summed E-state index contributed by atoms with van der Waals surface area (Å²) in [6, 6.07) is 0. The number of nitrogens with one attached hydrogen (secondary N) is 1. The summed E-state index contributed by atoms with van der Waals surface area (Å²) in [5, 5.41) is 8.57. The number of aromatic nitrogens is 2. The highest BCUT2D eigenvalue weighted by atomic mass is 35.5. The molecule has 0 saturated carbocycles. The van der Waals surface area contributed by atoms with Crippen LogP contribution >= 0.6 is 11.6 Å². The van der Waals surface area contributed by atoms with Crippen LogP contribution in [0.25, 0.3) is 0 Å². The minimum absolute atomic E-state index is 0.155. The first-order chi connectivity index (χ1) is 7.99. The second kappa shape index (κ2) is 4.59. The van der Waals surface area contributed by atoms with E-state index in [4.69, 9.17) is 21.4 Å². The van der Waals surface area contributed by atoms with Gasteiger partial charge < -0.3 is 9.84 Å². The highest BCUT2D eigenvalue weighted by Crippen LogP contribution is 2.29. The average Bonchev–Trinajstić information content (AvgIpc) is 2.72. The zero-order valence-corrected chi connectivity index (χ0v) is 9.35. The molecule has 1 aromatic rings. The quantitative estimate of drug-likeness (QED) is 0.797. The Kier molecular flexibility index (Phi) is 3.32. The molecule has 1 aliphatic rings. The van der Waals surface area contributed by atoms with Gasteiger partial charge in [0.15, 0.2) is 0 Å². The van der Waals surface area contributed by atoms with Gasteiger partial charge in [-0.25, -0.2) is 9.18 Å². The molecule has 0 amide bonds. The van der Waals surface area contributed by atoms with E-state index in [9.17, 15) is 14.0 Å². The first-order valence-corrected chi connectivity index (χ1v) is 5.35. The molecule has 1 aliphatic heterocycles. The van der Waals surface area contributed by atoms with Crippen LogP contribution in [0, 0.1) is 0 Å². The van der Waals surface area contributed by atoms with E-state index in [0.717, 1.165) is 10.8 Å². The number of alkyl halides is 1. The van der Waals surface area contributed by atoms with E-state index in [1.807, 2.05) is 4.98 Å². The summed E-state index contributed by atoms with van der Waals surface area (Å²) in [7, 11) is 0. The predicted molar refractivity (Wildman–Crippen MR) is 56.6 cm³/mol. The van der Waals surface area contributed by atoms with Crippen LogP contribution in [0.15, 0.2) is 15.8 Å². The van der Waals surface area contributed by atoms with Gasteiger partial charge in [0.25, 0.3) is 5.56 Å². The maximum atomic E-state index is 12.6. The van der Waals surface area contributed by atoms with Gasteiger partial charge in [-0.05, 0) is 12.8 Å². The van der Waals surface area contributed by atoms with Crippen molar-refractivity contribution in [2.75, 3.05) is 0 Å². The van der Waals surface area contributed by atoms with Crippen LogP contribution in [0.3, 0.4) is 0 Å². The standard InChI is InChI=1S/C9H10ClFN2O4/c10-4-3-13(9(16)12-8(4)15)6-2-1-5(17-6)7(11)14/h3,5-7,14H,1-2H2,(H,12,15,16)/t5-,6+,7?/m0/s1. The van der Waals surface area contributed by atoms with Crippen molar-refractivity contribution in [3.63, 3.8) is 0 Å². The minimum Gasteiger partial charge on any atom is -0.362 e. The highest BCUT2D eigenvalue weighted by Gasteiger charge is 2.32. The maximum absolute atomic E-state index is 12.6. The summed E-state index contributed by atoms with van der Waals surface area (Å²) < 4.78 is 18.8. The Morgan fingerprint density at radius 2 is 2.29 bits per heavy atom. The molecule has 0 aliphatic carbocycles. The number of aromatic amines is 1. The first kappa shape index (κ1) is 12.3. The molecule has 0 aromatic carbocycles. The lowest BCUT2D eigenvalue weighted by Crippen LogP contribution is -2.33. The van der Waals surface area contributed by atoms with E-state index >= 15 is 0 Å². The number of hydrogen-bond donors (Lipinski definition) is 2. The number of nitrogens with zero attached hydrogens (tertiary/aromatic N) is 1. The molecule has 0 bridgehead atoms. The van der Waals surface area contributed by atoms with Crippen molar-refractivity contribution in [3.05, 3.63) is 32.1 Å². The minimum atomic E-state index is -2.09. The lowest BCUT2D eigenvalue weighted by atomic mass is 10.2. The molecule has 0 radical (unpaired) electrons. The fraction of sp³-hybridized carbons (Fsp3) is 0.556. The molecule has 2 heterocycles. The number of H-pyrrole nitrogens is 1. The van der Waals surface area contributed by atoms with Crippen LogP contribution < -0.4 is 11.2 Å². The highest BCUT2D eigenvalue weighted by molar-refractivity contribution is 6.30. The van der Waals surface area contributed by atoms with E-state index in [1.165, 1.54) is 0 Å². The zero-order chi connectivity index (χ0) is 12.6. The van der Waals surface area contributed by atoms with Gasteiger partial charge in [-0.1, -0.05) is 11.6 Å². The van der Waals surface area contributed by atoms with Crippen molar-refractivity contribution < 1.29 is 14.2 Å². The molecule has 1 fully saturated rings. The van der Waals surface area contributed by atoms with Gasteiger partial charge in [0.2, 0.25) is 6.36 Å². The molecule has 2 rings (SSSR count). The Morgan fingerprint density at radius 1 is 1.59 bits per heavy atom. The average molecular weight is 265 g/mol. The molecule has 8 heteroatoms. The SMILES string of the molecule is O=c1[nH]c(=O)n([C@H]2CC[C@@H](C(O)F)O2)cc1Cl. The molecule has 0 spiro atoms. The van der Waals surface area contributed by atoms with Crippen LogP contribution in [0.2, 0.25) is 5.02 Å². The Morgan fingerprint density at radius 3 is 2.88 bits per heavy atom. The number of hydrogen-bond acceptors (Lipinski definition) is 4. The van der Waals surface area contributed by atoms with Crippen LogP contribution in [-0.2, 0) is 4.74 Å². The van der Waals surface area contributed by atoms with Crippen LogP contribution in [0.1, 0.15) is 19.1 Å². The lowest BCUT2D eigenvalue weighted by molar-refractivity contribution is -0.110. The topological polar surface area (TPSA) is 84.3 Å². The maximum Gasteiger partial charge on any atom is 0.330 e. The predicted octanol–water partition coefficient (Wildman–Crippen LogP) is 0.155. The van der Waals surface area contributed by atoms with Crippen molar-refractivity contribution in [1.29, 1.82) is 0 Å². The molecule has 1 saturated heterocycles. The van der Waals surface area contributed by atoms with Gasteiger partial charge in [0, 0.05) is 6.20 Å². The number of halogens is 2. The molecular formula is C9H10ClFN2O4. The molecule has 17 heavy (non-hydrogen) atoms. The van der Waals surface area contributed by atoms with E-state index in [1.54, 1.807) is 0 Å². The summed E-state index contributed by atoms with van der Waals surface area (Å²) in [5.41, 5.74) is -1.37. The Balaban J connectivity index is 2.28. The van der Waals surface area contributed by atoms with Gasteiger partial charge in [0.05, 0.1) is 0 Å². The van der Waals surface area contributed by atoms with Crippen molar-refractivity contribution in [2.45, 2.75) is 31.5 Å². The number of rotatable bonds is 2. The smallest absolute Gasteiger partial charge is 0.330 e. The number of aliphatic hydroxyl groups is 1. The fourth-order valence-electron chi connectivity index (χ4n) is 1.73. The molecular weight excluding hydrogens is 255 g/mol. The van der Waals surface area contributed by atoms with E-state index in [-0.39, 0.29) is 11.4 Å². The van der Waals surface area contributed by atoms with E-state index < -0.39 is 29.9 Å². The van der Waals surface area contributed by atoms with Crippen molar-refractivity contribution in [2.24, 2.45) is 0 Å². The largest absolute Gasteiger partial charge is 0.362 e. The number of ether oxygens (including phenoxy) is 1. The summed E-state index contributed by atoms with van der Waals surface area (Å²) in [6.07, 6.45) is -2.00. The van der Waals surface area contributed by atoms with Gasteiger partial charge in [-0.2, -0.15) is 0 Å². The van der Waals surface area contributed by atoms with Gasteiger partial charge in [-0.15, -0.1) is 0 Å². The number of aliphatic hydroxyl groups excluding tert-OH is 1. The van der Waals surface area contributed by atoms with Crippen LogP contribution in [0.4, 0.5) is 4.39 Å². The lowest BCUT2D eigenvalue weighted by Gasteiger charge is -2.15. The summed E-state index contributed by atoms with van der Waals surface area (Å²) in [5.74, 6) is 0. The summed E-state index contributed by atoms with van der Waals surface area (Å²) in [4.78, 5) is 24.5. The van der Waals surface area contributed by atoms with Crippen molar-refractivity contribution in [1.82, 2.24) is 9.55 Å². The molecule has 1 unspecified atom stereocenters. The second-order valence-corrected chi connectivity index (χ2v) is 4.13. The van der Waals surface area contributed by atoms with Gasteiger partial charge in [-0.3, -0.25) is 14.3 Å². The van der Waals surface area contributed by atoms with E-state index in [2.05, 4.69) is 0 Å². The third kappa shape index (κ3) is 2.41.